The van der Waals surface area contributed by atoms with Crippen molar-refractivity contribution in [3.63, 3.8) is 0 Å². The van der Waals surface area contributed by atoms with Crippen LogP contribution in [0.3, 0.4) is 0 Å². The van der Waals surface area contributed by atoms with Gasteiger partial charge < -0.3 is 25.0 Å². The summed E-state index contributed by atoms with van der Waals surface area (Å²) in [6.45, 7) is 0.00512. The molecule has 7 nitrogen and oxygen atoms in total. The predicted octanol–water partition coefficient (Wildman–Crippen LogP) is 0.342. The van der Waals surface area contributed by atoms with Gasteiger partial charge in [-0.15, -0.1) is 0 Å². The molecule has 0 amide bonds. The van der Waals surface area contributed by atoms with Crippen LogP contribution in [0, 0.1) is 0 Å². The summed E-state index contributed by atoms with van der Waals surface area (Å²) in [6, 6.07) is 9.69. The van der Waals surface area contributed by atoms with Crippen LogP contribution in [0.25, 0.3) is 0 Å². The number of hydrogen-bond donors (Lipinski definition) is 4. The van der Waals surface area contributed by atoms with Crippen molar-refractivity contribution in [3.05, 3.63) is 59.2 Å². The van der Waals surface area contributed by atoms with Crippen LogP contribution in [-0.2, 0) is 6.61 Å². The molecular formula is C15H13BO7. The van der Waals surface area contributed by atoms with E-state index in [1.807, 2.05) is 0 Å². The molecular weight excluding hydrogens is 303 g/mol. The maximum atomic E-state index is 11.2. The summed E-state index contributed by atoms with van der Waals surface area (Å²) in [4.78, 5) is 22.1. The Hall–Kier alpha value is -2.84. The Labute approximate surface area is 131 Å². The lowest BCUT2D eigenvalue weighted by molar-refractivity contribution is 0.0676. The molecule has 0 bridgehead atoms. The summed E-state index contributed by atoms with van der Waals surface area (Å²) >= 11 is 0. The molecule has 0 radical (unpaired) electrons. The van der Waals surface area contributed by atoms with E-state index in [0.717, 1.165) is 6.07 Å². The minimum absolute atomic E-state index is 0.00512. The number of hydrogen-bond acceptors (Lipinski definition) is 5. The van der Waals surface area contributed by atoms with E-state index < -0.39 is 19.1 Å². The van der Waals surface area contributed by atoms with Gasteiger partial charge in [-0.1, -0.05) is 24.3 Å². The zero-order valence-corrected chi connectivity index (χ0v) is 11.8. The number of rotatable bonds is 6. The molecule has 0 aromatic heterocycles. The zero-order valence-electron chi connectivity index (χ0n) is 11.8. The normalized spacial score (nSPS) is 10.2. The second-order valence-corrected chi connectivity index (χ2v) is 4.73. The van der Waals surface area contributed by atoms with Crippen molar-refractivity contribution in [2.45, 2.75) is 6.61 Å². The Morgan fingerprint density at radius 2 is 1.61 bits per heavy atom. The van der Waals surface area contributed by atoms with Gasteiger partial charge in [-0.3, -0.25) is 0 Å². The van der Waals surface area contributed by atoms with Crippen molar-refractivity contribution in [1.29, 1.82) is 0 Å². The fraction of sp³-hybridized carbons (Fsp3) is 0.0667. The summed E-state index contributed by atoms with van der Waals surface area (Å²) < 4.78 is 5.41. The molecule has 118 valence electrons. The number of ether oxygens (including phenoxy) is 1. The van der Waals surface area contributed by atoms with E-state index in [1.165, 1.54) is 24.3 Å². The highest BCUT2D eigenvalue weighted by Crippen LogP contribution is 2.22. The van der Waals surface area contributed by atoms with Crippen molar-refractivity contribution in [3.8, 4) is 5.75 Å². The first kappa shape index (κ1) is 16.5. The molecule has 0 unspecified atom stereocenters. The topological polar surface area (TPSA) is 124 Å². The van der Waals surface area contributed by atoms with Crippen LogP contribution in [0.4, 0.5) is 0 Å². The van der Waals surface area contributed by atoms with E-state index in [9.17, 15) is 9.59 Å². The Morgan fingerprint density at radius 3 is 2.13 bits per heavy atom. The predicted molar refractivity (Wildman–Crippen MR) is 81.0 cm³/mol. The third-order valence-electron chi connectivity index (χ3n) is 3.13. The van der Waals surface area contributed by atoms with E-state index in [1.54, 1.807) is 12.1 Å². The van der Waals surface area contributed by atoms with Crippen molar-refractivity contribution in [2.75, 3.05) is 0 Å². The molecule has 0 saturated heterocycles. The first-order valence-corrected chi connectivity index (χ1v) is 6.57. The summed E-state index contributed by atoms with van der Waals surface area (Å²) in [5.41, 5.74) is 0.750. The van der Waals surface area contributed by atoms with Gasteiger partial charge in [0.1, 0.15) is 17.9 Å². The van der Waals surface area contributed by atoms with E-state index in [4.69, 9.17) is 25.0 Å². The van der Waals surface area contributed by atoms with Gasteiger partial charge in [-0.2, -0.15) is 0 Å². The maximum absolute atomic E-state index is 11.2. The minimum atomic E-state index is -1.57. The second-order valence-electron chi connectivity index (χ2n) is 4.73. The fourth-order valence-corrected chi connectivity index (χ4v) is 1.90. The molecule has 0 aliphatic heterocycles. The SMILES string of the molecule is O=C(O)c1ccc(C(=O)O)c(OCc2ccc(B(O)O)cc2)c1. The smallest absolute Gasteiger partial charge is 0.488 e. The van der Waals surface area contributed by atoms with Crippen molar-refractivity contribution in [2.24, 2.45) is 0 Å². The van der Waals surface area contributed by atoms with Crippen molar-refractivity contribution in [1.82, 2.24) is 0 Å². The quantitative estimate of drug-likeness (QED) is 0.566. The van der Waals surface area contributed by atoms with Gasteiger partial charge in [-0.25, -0.2) is 9.59 Å². The molecule has 0 atom stereocenters. The zero-order chi connectivity index (χ0) is 17.0. The van der Waals surface area contributed by atoms with Gasteiger partial charge in [-0.05, 0) is 29.2 Å². The molecule has 0 aliphatic rings. The van der Waals surface area contributed by atoms with Crippen LogP contribution in [0.5, 0.6) is 5.75 Å². The summed E-state index contributed by atoms with van der Waals surface area (Å²) in [6.07, 6.45) is 0. The van der Waals surface area contributed by atoms with Crippen LogP contribution in [0.1, 0.15) is 26.3 Å². The monoisotopic (exact) mass is 316 g/mol. The second kappa shape index (κ2) is 6.95. The molecule has 0 fully saturated rings. The van der Waals surface area contributed by atoms with E-state index in [-0.39, 0.29) is 23.5 Å². The third-order valence-corrected chi connectivity index (χ3v) is 3.13. The maximum Gasteiger partial charge on any atom is 0.488 e. The highest BCUT2D eigenvalue weighted by atomic mass is 16.5. The largest absolute Gasteiger partial charge is 0.488 e. The van der Waals surface area contributed by atoms with Crippen LogP contribution < -0.4 is 10.2 Å². The highest BCUT2D eigenvalue weighted by Gasteiger charge is 2.15. The lowest BCUT2D eigenvalue weighted by Gasteiger charge is -2.10. The minimum Gasteiger partial charge on any atom is -0.488 e. The molecule has 0 aliphatic carbocycles. The van der Waals surface area contributed by atoms with Gasteiger partial charge >= 0.3 is 19.1 Å². The van der Waals surface area contributed by atoms with Crippen LogP contribution in [0.2, 0.25) is 0 Å². The molecule has 0 heterocycles. The fourth-order valence-electron chi connectivity index (χ4n) is 1.90. The number of aromatic carboxylic acids is 2. The lowest BCUT2D eigenvalue weighted by atomic mass is 9.80. The van der Waals surface area contributed by atoms with Crippen molar-refractivity contribution < 1.29 is 34.6 Å². The molecule has 4 N–H and O–H groups in total. The number of carboxylic acids is 2. The molecule has 2 aromatic rings. The third kappa shape index (κ3) is 4.09. The van der Waals surface area contributed by atoms with Gasteiger partial charge in [0, 0.05) is 0 Å². The molecule has 2 aromatic carbocycles. The molecule has 23 heavy (non-hydrogen) atoms. The molecule has 2 rings (SSSR count). The molecule has 8 heteroatoms. The average molecular weight is 316 g/mol. The van der Waals surface area contributed by atoms with E-state index in [2.05, 4.69) is 0 Å². The Kier molecular flexibility index (Phi) is 5.00. The summed E-state index contributed by atoms with van der Waals surface area (Å²) in [5, 5.41) is 36.1. The van der Waals surface area contributed by atoms with Gasteiger partial charge in [0.2, 0.25) is 0 Å². The average Bonchev–Trinajstić information content (AvgIpc) is 2.52. The Morgan fingerprint density at radius 1 is 0.957 bits per heavy atom. The first-order chi connectivity index (χ1) is 10.9. The van der Waals surface area contributed by atoms with Crippen LogP contribution in [-0.4, -0.2) is 39.3 Å². The molecule has 0 saturated carbocycles. The summed E-state index contributed by atoms with van der Waals surface area (Å²) in [7, 11) is -1.57. The lowest BCUT2D eigenvalue weighted by Crippen LogP contribution is -2.29. The van der Waals surface area contributed by atoms with E-state index in [0.29, 0.717) is 11.0 Å². The number of benzene rings is 2. The van der Waals surface area contributed by atoms with Gasteiger partial charge in [0.05, 0.1) is 5.56 Å². The van der Waals surface area contributed by atoms with Gasteiger partial charge in [0.25, 0.3) is 0 Å². The molecule has 0 spiro atoms. The van der Waals surface area contributed by atoms with Gasteiger partial charge in [0.15, 0.2) is 0 Å². The summed E-state index contributed by atoms with van der Waals surface area (Å²) in [5.74, 6) is -2.47. The van der Waals surface area contributed by atoms with Crippen LogP contribution >= 0.6 is 0 Å². The Balaban J connectivity index is 2.19. The van der Waals surface area contributed by atoms with Crippen LogP contribution in [0.15, 0.2) is 42.5 Å². The van der Waals surface area contributed by atoms with E-state index >= 15 is 0 Å². The number of carboxylic acid groups (broad SMARTS) is 2. The first-order valence-electron chi connectivity index (χ1n) is 6.57. The Bertz CT molecular complexity index is 725. The van der Waals surface area contributed by atoms with Crippen molar-refractivity contribution >= 4 is 24.5 Å². The highest BCUT2D eigenvalue weighted by molar-refractivity contribution is 6.58. The number of carbonyl (C=O) groups is 2. The standard InChI is InChI=1S/C15H13BO7/c17-14(18)10-3-6-12(15(19)20)13(7-10)23-8-9-1-4-11(5-2-9)16(21)22/h1-7,21-22H,8H2,(H,17,18)(H,19,20).